The van der Waals surface area contributed by atoms with Crippen LogP contribution in [0.4, 0.5) is 0 Å². The van der Waals surface area contributed by atoms with Crippen molar-refractivity contribution in [3.8, 4) is 17.2 Å². The molecule has 0 aliphatic carbocycles. The van der Waals surface area contributed by atoms with Gasteiger partial charge >= 0.3 is 0 Å². The molecule has 2 aromatic carbocycles. The van der Waals surface area contributed by atoms with Crippen LogP contribution < -0.4 is 20.3 Å². The van der Waals surface area contributed by atoms with Crippen LogP contribution in [0.25, 0.3) is 5.69 Å². The normalized spacial score (nSPS) is 10.5. The molecule has 0 saturated carbocycles. The molecule has 0 fully saturated rings. The molecule has 0 radical (unpaired) electrons. The highest BCUT2D eigenvalue weighted by molar-refractivity contribution is 6.30. The fourth-order valence-corrected chi connectivity index (χ4v) is 2.87. The standard InChI is InChI=1S/C21H22ClN5O4/c1-4-10-31-17-9-8-14(11-18(17)30-3)20(28)23-24-21(29)19-13(2)25-27(26-19)16-7-5-6-15(22)12-16/h5-9,11-12H,4,10H2,1-3H3,(H,23,28)(H,24,29). The lowest BCUT2D eigenvalue weighted by Crippen LogP contribution is -2.42. The number of carbonyl (C=O) groups is 2. The van der Waals surface area contributed by atoms with E-state index in [1.807, 2.05) is 6.92 Å². The van der Waals surface area contributed by atoms with Gasteiger partial charge in [-0.05, 0) is 49.7 Å². The Hall–Kier alpha value is -3.59. The number of rotatable bonds is 7. The van der Waals surface area contributed by atoms with Crippen LogP contribution in [0.15, 0.2) is 42.5 Å². The number of hydrogen-bond donors (Lipinski definition) is 2. The van der Waals surface area contributed by atoms with E-state index in [4.69, 9.17) is 21.1 Å². The fourth-order valence-electron chi connectivity index (χ4n) is 2.69. The number of nitrogens with zero attached hydrogens (tertiary/aromatic N) is 3. The molecule has 2 amide bonds. The zero-order chi connectivity index (χ0) is 22.4. The Morgan fingerprint density at radius 2 is 1.84 bits per heavy atom. The number of carbonyl (C=O) groups excluding carboxylic acids is 2. The van der Waals surface area contributed by atoms with Crippen LogP contribution in [0, 0.1) is 6.92 Å². The summed E-state index contributed by atoms with van der Waals surface area (Å²) in [5.41, 5.74) is 6.08. The number of nitrogens with one attached hydrogen (secondary N) is 2. The van der Waals surface area contributed by atoms with Crippen molar-refractivity contribution in [2.24, 2.45) is 0 Å². The van der Waals surface area contributed by atoms with Gasteiger partial charge in [-0.2, -0.15) is 9.90 Å². The van der Waals surface area contributed by atoms with Crippen LogP contribution in [-0.2, 0) is 0 Å². The number of benzene rings is 2. The Kier molecular flexibility index (Phi) is 7.09. The van der Waals surface area contributed by atoms with E-state index in [1.165, 1.54) is 18.0 Å². The Labute approximate surface area is 184 Å². The second-order valence-electron chi connectivity index (χ2n) is 6.53. The fraction of sp³-hybridized carbons (Fsp3) is 0.238. The molecule has 31 heavy (non-hydrogen) atoms. The monoisotopic (exact) mass is 443 g/mol. The summed E-state index contributed by atoms with van der Waals surface area (Å²) < 4.78 is 10.8. The number of methoxy groups -OCH3 is 1. The average molecular weight is 444 g/mol. The first kappa shape index (κ1) is 22.1. The van der Waals surface area contributed by atoms with E-state index < -0.39 is 11.8 Å². The van der Waals surface area contributed by atoms with Gasteiger partial charge in [0.15, 0.2) is 17.2 Å². The first-order valence-electron chi connectivity index (χ1n) is 9.54. The zero-order valence-electron chi connectivity index (χ0n) is 17.3. The van der Waals surface area contributed by atoms with Crippen LogP contribution in [0.1, 0.15) is 39.9 Å². The second-order valence-corrected chi connectivity index (χ2v) is 6.96. The van der Waals surface area contributed by atoms with Gasteiger partial charge in [0, 0.05) is 10.6 Å². The predicted octanol–water partition coefficient (Wildman–Crippen LogP) is 3.10. The lowest BCUT2D eigenvalue weighted by atomic mass is 10.2. The maximum Gasteiger partial charge on any atom is 0.292 e. The molecule has 0 saturated heterocycles. The molecule has 1 heterocycles. The lowest BCUT2D eigenvalue weighted by molar-refractivity contribution is 0.0843. The van der Waals surface area contributed by atoms with E-state index in [0.29, 0.717) is 40.1 Å². The minimum absolute atomic E-state index is 0.0705. The van der Waals surface area contributed by atoms with Crippen molar-refractivity contribution in [3.05, 3.63) is 64.4 Å². The average Bonchev–Trinajstić information content (AvgIpc) is 3.17. The first-order chi connectivity index (χ1) is 14.9. The largest absolute Gasteiger partial charge is 0.493 e. The van der Waals surface area contributed by atoms with E-state index in [1.54, 1.807) is 43.3 Å². The van der Waals surface area contributed by atoms with Crippen molar-refractivity contribution in [2.45, 2.75) is 20.3 Å². The SMILES string of the molecule is CCCOc1ccc(C(=O)NNC(=O)c2nn(-c3cccc(Cl)c3)nc2C)cc1OC. The van der Waals surface area contributed by atoms with Crippen molar-refractivity contribution >= 4 is 23.4 Å². The number of ether oxygens (including phenoxy) is 2. The van der Waals surface area contributed by atoms with Crippen LogP contribution in [0.5, 0.6) is 11.5 Å². The van der Waals surface area contributed by atoms with E-state index >= 15 is 0 Å². The first-order valence-corrected chi connectivity index (χ1v) is 9.92. The molecule has 3 aromatic rings. The molecule has 0 spiro atoms. The topological polar surface area (TPSA) is 107 Å². The third kappa shape index (κ3) is 5.32. The van der Waals surface area contributed by atoms with Crippen molar-refractivity contribution in [1.29, 1.82) is 0 Å². The van der Waals surface area contributed by atoms with Gasteiger partial charge in [-0.15, -0.1) is 5.10 Å². The third-order valence-corrected chi connectivity index (χ3v) is 4.45. The van der Waals surface area contributed by atoms with E-state index in [9.17, 15) is 9.59 Å². The van der Waals surface area contributed by atoms with Crippen molar-refractivity contribution < 1.29 is 19.1 Å². The number of halogens is 1. The smallest absolute Gasteiger partial charge is 0.292 e. The summed E-state index contributed by atoms with van der Waals surface area (Å²) in [6.07, 6.45) is 0.846. The number of aromatic nitrogens is 3. The molecule has 9 nitrogen and oxygen atoms in total. The number of hydrazine groups is 1. The minimum Gasteiger partial charge on any atom is -0.493 e. The Bertz CT molecular complexity index is 1100. The molecule has 1 aromatic heterocycles. The minimum atomic E-state index is -0.603. The summed E-state index contributed by atoms with van der Waals surface area (Å²) in [7, 11) is 1.49. The molecule has 0 atom stereocenters. The quantitative estimate of drug-likeness (QED) is 0.543. The number of amides is 2. The summed E-state index contributed by atoms with van der Waals surface area (Å²) >= 11 is 5.99. The highest BCUT2D eigenvalue weighted by atomic mass is 35.5. The molecule has 0 unspecified atom stereocenters. The molecule has 10 heteroatoms. The Balaban J connectivity index is 1.67. The molecule has 0 aliphatic rings. The van der Waals surface area contributed by atoms with Gasteiger partial charge in [-0.25, -0.2) is 0 Å². The van der Waals surface area contributed by atoms with Crippen molar-refractivity contribution in [3.63, 3.8) is 0 Å². The lowest BCUT2D eigenvalue weighted by Gasteiger charge is -2.12. The number of hydrogen-bond acceptors (Lipinski definition) is 6. The van der Waals surface area contributed by atoms with Crippen LogP contribution >= 0.6 is 11.6 Å². The van der Waals surface area contributed by atoms with Crippen LogP contribution in [0.2, 0.25) is 5.02 Å². The molecule has 0 aliphatic heterocycles. The molecule has 0 bridgehead atoms. The zero-order valence-corrected chi connectivity index (χ0v) is 18.1. The van der Waals surface area contributed by atoms with Crippen molar-refractivity contribution in [2.75, 3.05) is 13.7 Å². The summed E-state index contributed by atoms with van der Waals surface area (Å²) in [5.74, 6) is -0.159. The Morgan fingerprint density at radius 3 is 2.55 bits per heavy atom. The van der Waals surface area contributed by atoms with E-state index in [-0.39, 0.29) is 5.69 Å². The Morgan fingerprint density at radius 1 is 1.06 bits per heavy atom. The third-order valence-electron chi connectivity index (χ3n) is 4.21. The van der Waals surface area contributed by atoms with Gasteiger partial charge in [0.2, 0.25) is 0 Å². The summed E-state index contributed by atoms with van der Waals surface area (Å²) in [4.78, 5) is 26.2. The van der Waals surface area contributed by atoms with Crippen LogP contribution in [-0.4, -0.2) is 40.5 Å². The second kappa shape index (κ2) is 9.94. The summed E-state index contributed by atoms with van der Waals surface area (Å²) in [6, 6.07) is 11.7. The van der Waals surface area contributed by atoms with Gasteiger partial charge in [0.05, 0.1) is 25.1 Å². The summed E-state index contributed by atoms with van der Waals surface area (Å²) in [5, 5.41) is 8.94. The van der Waals surface area contributed by atoms with Gasteiger partial charge in [-0.1, -0.05) is 24.6 Å². The highest BCUT2D eigenvalue weighted by Gasteiger charge is 2.18. The van der Waals surface area contributed by atoms with Crippen molar-refractivity contribution in [1.82, 2.24) is 25.8 Å². The molecular weight excluding hydrogens is 422 g/mol. The molecular formula is C21H22ClN5O4. The predicted molar refractivity (Wildman–Crippen MR) is 115 cm³/mol. The maximum absolute atomic E-state index is 12.5. The van der Waals surface area contributed by atoms with Crippen LogP contribution in [0.3, 0.4) is 0 Å². The molecule has 162 valence electrons. The van der Waals surface area contributed by atoms with Gasteiger partial charge in [0.25, 0.3) is 11.8 Å². The number of aryl methyl sites for hydroxylation is 1. The van der Waals surface area contributed by atoms with E-state index in [0.717, 1.165) is 6.42 Å². The summed E-state index contributed by atoms with van der Waals surface area (Å²) in [6.45, 7) is 4.17. The molecule has 3 rings (SSSR count). The molecule has 2 N–H and O–H groups in total. The van der Waals surface area contributed by atoms with Gasteiger partial charge in [0.1, 0.15) is 0 Å². The van der Waals surface area contributed by atoms with Gasteiger partial charge < -0.3 is 9.47 Å². The van der Waals surface area contributed by atoms with E-state index in [2.05, 4.69) is 21.0 Å². The van der Waals surface area contributed by atoms with Gasteiger partial charge in [-0.3, -0.25) is 20.4 Å². The maximum atomic E-state index is 12.5. The highest BCUT2D eigenvalue weighted by Crippen LogP contribution is 2.28.